The van der Waals surface area contributed by atoms with E-state index in [1.807, 2.05) is 43.3 Å². The zero-order valence-corrected chi connectivity index (χ0v) is 14.8. The van der Waals surface area contributed by atoms with Crippen LogP contribution in [0.4, 0.5) is 16.3 Å². The van der Waals surface area contributed by atoms with Crippen molar-refractivity contribution >= 4 is 34.0 Å². The fourth-order valence-electron chi connectivity index (χ4n) is 3.16. The lowest BCUT2D eigenvalue weighted by Gasteiger charge is -2.06. The van der Waals surface area contributed by atoms with Crippen LogP contribution in [-0.2, 0) is 4.74 Å². The molecule has 134 valence electrons. The van der Waals surface area contributed by atoms with Crippen LogP contribution in [0, 0.1) is 11.8 Å². The van der Waals surface area contributed by atoms with Crippen LogP contribution in [0.25, 0.3) is 27.7 Å². The molecule has 0 saturated carbocycles. The standard InChI is InChI=1S/C20H16N4O3/c1-12-5-3-4-6-15(12)17-19(23-26)24-10-9-13-7-8-14(21-20(25)27-2)11-16(13)18(24)22-17/h3-11H,1-2H3,(H,21,25). The molecule has 7 nitrogen and oxygen atoms in total. The van der Waals surface area contributed by atoms with Crippen molar-refractivity contribution in [1.82, 2.24) is 9.38 Å². The van der Waals surface area contributed by atoms with Crippen molar-refractivity contribution in [3.63, 3.8) is 0 Å². The number of nitroso groups, excluding NO2 is 1. The van der Waals surface area contributed by atoms with E-state index in [1.54, 1.807) is 22.7 Å². The van der Waals surface area contributed by atoms with Crippen molar-refractivity contribution < 1.29 is 9.53 Å². The van der Waals surface area contributed by atoms with Gasteiger partial charge in [-0.1, -0.05) is 30.3 Å². The maximum absolute atomic E-state index is 11.6. The first-order valence-corrected chi connectivity index (χ1v) is 8.31. The van der Waals surface area contributed by atoms with Gasteiger partial charge < -0.3 is 4.74 Å². The number of ether oxygens (including phenoxy) is 1. The molecule has 4 rings (SSSR count). The summed E-state index contributed by atoms with van der Waals surface area (Å²) in [7, 11) is 1.31. The van der Waals surface area contributed by atoms with Crippen LogP contribution in [0.2, 0.25) is 0 Å². The minimum absolute atomic E-state index is 0.243. The number of carbonyl (C=O) groups is 1. The molecule has 0 atom stereocenters. The van der Waals surface area contributed by atoms with Gasteiger partial charge in [-0.15, -0.1) is 4.91 Å². The second-order valence-electron chi connectivity index (χ2n) is 6.12. The van der Waals surface area contributed by atoms with Gasteiger partial charge in [-0.25, -0.2) is 9.78 Å². The van der Waals surface area contributed by atoms with Crippen molar-refractivity contribution in [2.75, 3.05) is 12.4 Å². The number of methoxy groups -OCH3 is 1. The average Bonchev–Trinajstić information content (AvgIpc) is 3.07. The number of benzene rings is 2. The first-order valence-electron chi connectivity index (χ1n) is 8.31. The number of hydrogen-bond donors (Lipinski definition) is 1. The molecule has 2 aromatic carbocycles. The predicted octanol–water partition coefficient (Wildman–Crippen LogP) is 5.04. The summed E-state index contributed by atoms with van der Waals surface area (Å²) in [4.78, 5) is 27.8. The molecular formula is C20H16N4O3. The Morgan fingerprint density at radius 1 is 1.19 bits per heavy atom. The van der Waals surface area contributed by atoms with Gasteiger partial charge in [-0.05, 0) is 41.2 Å². The molecule has 4 aromatic rings. The smallest absolute Gasteiger partial charge is 0.411 e. The third-order valence-electron chi connectivity index (χ3n) is 4.50. The fourth-order valence-corrected chi connectivity index (χ4v) is 3.16. The molecule has 0 bridgehead atoms. The second kappa shape index (κ2) is 6.53. The lowest BCUT2D eigenvalue weighted by Crippen LogP contribution is -2.10. The lowest BCUT2D eigenvalue weighted by molar-refractivity contribution is 0.187. The largest absolute Gasteiger partial charge is 0.453 e. The van der Waals surface area contributed by atoms with Crippen LogP contribution in [0.5, 0.6) is 0 Å². The van der Waals surface area contributed by atoms with Crippen LogP contribution in [0.15, 0.2) is 59.9 Å². The van der Waals surface area contributed by atoms with Gasteiger partial charge in [0.25, 0.3) is 0 Å². The highest BCUT2D eigenvalue weighted by Gasteiger charge is 2.18. The van der Waals surface area contributed by atoms with Crippen LogP contribution in [-0.4, -0.2) is 22.6 Å². The topological polar surface area (TPSA) is 85.1 Å². The number of aromatic nitrogens is 2. The zero-order valence-electron chi connectivity index (χ0n) is 14.8. The fraction of sp³-hybridized carbons (Fsp3) is 0.100. The Morgan fingerprint density at radius 3 is 2.74 bits per heavy atom. The number of fused-ring (bicyclic) bond motifs is 3. The monoisotopic (exact) mass is 360 g/mol. The number of imidazole rings is 1. The highest BCUT2D eigenvalue weighted by atomic mass is 16.5. The first-order chi connectivity index (χ1) is 13.1. The highest BCUT2D eigenvalue weighted by Crippen LogP contribution is 2.35. The van der Waals surface area contributed by atoms with Crippen LogP contribution < -0.4 is 5.32 Å². The molecule has 0 fully saturated rings. The molecule has 0 unspecified atom stereocenters. The molecule has 1 amide bonds. The van der Waals surface area contributed by atoms with Crippen LogP contribution in [0.1, 0.15) is 5.56 Å². The van der Waals surface area contributed by atoms with Crippen LogP contribution in [0.3, 0.4) is 0 Å². The molecular weight excluding hydrogens is 344 g/mol. The van der Waals surface area contributed by atoms with Gasteiger partial charge in [0.1, 0.15) is 11.3 Å². The van der Waals surface area contributed by atoms with Crippen LogP contribution >= 0.6 is 0 Å². The number of pyridine rings is 1. The van der Waals surface area contributed by atoms with Gasteiger partial charge in [0.15, 0.2) is 0 Å². The molecule has 0 aliphatic carbocycles. The molecule has 0 aliphatic heterocycles. The Bertz CT molecular complexity index is 1200. The quantitative estimate of drug-likeness (QED) is 0.519. The van der Waals surface area contributed by atoms with E-state index in [0.717, 1.165) is 21.9 Å². The summed E-state index contributed by atoms with van der Waals surface area (Å²) in [6, 6.07) is 15.0. The molecule has 0 spiro atoms. The second-order valence-corrected chi connectivity index (χ2v) is 6.12. The van der Waals surface area contributed by atoms with Crippen molar-refractivity contribution in [3.05, 3.63) is 65.2 Å². The molecule has 0 aliphatic rings. The minimum atomic E-state index is -0.555. The summed E-state index contributed by atoms with van der Waals surface area (Å²) in [5.74, 6) is 0.243. The van der Waals surface area contributed by atoms with Crippen molar-refractivity contribution in [1.29, 1.82) is 0 Å². The number of anilines is 1. The third kappa shape index (κ3) is 2.79. The minimum Gasteiger partial charge on any atom is -0.453 e. The van der Waals surface area contributed by atoms with E-state index in [1.165, 1.54) is 7.11 Å². The number of nitrogens with zero attached hydrogens (tertiary/aromatic N) is 3. The number of nitrogens with one attached hydrogen (secondary N) is 1. The molecule has 0 radical (unpaired) electrons. The summed E-state index contributed by atoms with van der Waals surface area (Å²) in [6.07, 6.45) is 1.22. The maximum atomic E-state index is 11.6. The van der Waals surface area contributed by atoms with Gasteiger partial charge >= 0.3 is 6.09 Å². The van der Waals surface area contributed by atoms with E-state index in [2.05, 4.69) is 15.2 Å². The van der Waals surface area contributed by atoms with Crippen molar-refractivity contribution in [2.45, 2.75) is 6.92 Å². The van der Waals surface area contributed by atoms with E-state index in [9.17, 15) is 9.70 Å². The number of amides is 1. The summed E-state index contributed by atoms with van der Waals surface area (Å²) in [5.41, 5.74) is 3.55. The number of aryl methyl sites for hydroxylation is 1. The molecule has 1 N–H and O–H groups in total. The highest BCUT2D eigenvalue weighted by molar-refractivity contribution is 5.99. The van der Waals surface area contributed by atoms with Crippen molar-refractivity contribution in [3.8, 4) is 11.3 Å². The van der Waals surface area contributed by atoms with E-state index >= 15 is 0 Å². The van der Waals surface area contributed by atoms with Gasteiger partial charge in [-0.2, -0.15) is 0 Å². The van der Waals surface area contributed by atoms with E-state index < -0.39 is 6.09 Å². The van der Waals surface area contributed by atoms with Gasteiger partial charge in [0, 0.05) is 22.8 Å². The van der Waals surface area contributed by atoms with E-state index in [0.29, 0.717) is 17.0 Å². The van der Waals surface area contributed by atoms with E-state index in [4.69, 9.17) is 4.98 Å². The Labute approximate surface area is 154 Å². The van der Waals surface area contributed by atoms with Gasteiger partial charge in [-0.3, -0.25) is 9.72 Å². The summed E-state index contributed by atoms with van der Waals surface area (Å²) in [5, 5.41) is 7.58. The third-order valence-corrected chi connectivity index (χ3v) is 4.50. The zero-order chi connectivity index (χ0) is 19.0. The number of rotatable bonds is 3. The summed E-state index contributed by atoms with van der Waals surface area (Å²) in [6.45, 7) is 1.96. The van der Waals surface area contributed by atoms with Gasteiger partial charge in [0.2, 0.25) is 5.82 Å². The number of carbonyl (C=O) groups excluding carboxylic acids is 1. The lowest BCUT2D eigenvalue weighted by atomic mass is 10.1. The maximum Gasteiger partial charge on any atom is 0.411 e. The van der Waals surface area contributed by atoms with Gasteiger partial charge in [0.05, 0.1) is 7.11 Å². The summed E-state index contributed by atoms with van der Waals surface area (Å²) >= 11 is 0. The van der Waals surface area contributed by atoms with Crippen molar-refractivity contribution in [2.24, 2.45) is 5.18 Å². The predicted molar refractivity (Wildman–Crippen MR) is 104 cm³/mol. The van der Waals surface area contributed by atoms with E-state index in [-0.39, 0.29) is 5.82 Å². The Hall–Kier alpha value is -3.74. The molecule has 2 aromatic heterocycles. The molecule has 27 heavy (non-hydrogen) atoms. The first kappa shape index (κ1) is 16.7. The Morgan fingerprint density at radius 2 is 2.00 bits per heavy atom. The summed E-state index contributed by atoms with van der Waals surface area (Å²) < 4.78 is 6.30. The normalized spacial score (nSPS) is 10.9. The SMILES string of the molecule is COC(=O)Nc1ccc2ccn3c(N=O)c(-c4ccccc4C)nc3c2c1. The average molecular weight is 360 g/mol. The number of hydrogen-bond acceptors (Lipinski definition) is 5. The molecule has 0 saturated heterocycles. The molecule has 7 heteroatoms. The molecule has 2 heterocycles. The Balaban J connectivity index is 1.99. The Kier molecular flexibility index (Phi) is 4.04.